The predicted molar refractivity (Wildman–Crippen MR) is 257 cm³/mol. The molecule has 0 aromatic carbocycles. The van der Waals surface area contributed by atoms with Crippen molar-refractivity contribution in [1.29, 1.82) is 0 Å². The Morgan fingerprint density at radius 1 is 0.554 bits per heavy atom. The Bertz CT molecular complexity index is 2790. The van der Waals surface area contributed by atoms with Gasteiger partial charge in [-0.2, -0.15) is 0 Å². The molecule has 2 aliphatic heterocycles. The Hall–Kier alpha value is -6.32. The number of allylic oxidation sites excluding steroid dienone is 4. The lowest BCUT2D eigenvalue weighted by Crippen LogP contribution is -2.44. The van der Waals surface area contributed by atoms with Crippen LogP contribution in [0.3, 0.4) is 0 Å². The first kappa shape index (κ1) is 48.1. The van der Waals surface area contributed by atoms with Gasteiger partial charge in [-0.3, -0.25) is 29.0 Å². The van der Waals surface area contributed by atoms with E-state index in [0.717, 1.165) is 98.3 Å². The van der Waals surface area contributed by atoms with Crippen LogP contribution >= 0.6 is 0 Å². The number of aromatic nitrogens is 5. The molecule has 2 aliphatic rings. The molecular weight excluding hydrogens is 825 g/mol. The Morgan fingerprint density at radius 3 is 1.62 bits per heavy atom. The lowest BCUT2D eigenvalue weighted by Gasteiger charge is -2.24. The molecule has 0 saturated heterocycles. The highest BCUT2D eigenvalue weighted by Crippen LogP contribution is 2.38. The number of carboxylic acid groups (broad SMARTS) is 3. The molecule has 6 rings (SSSR count). The molecule has 4 aromatic heterocycles. The third-order valence-corrected chi connectivity index (χ3v) is 13.0. The van der Waals surface area contributed by atoms with Crippen molar-refractivity contribution in [3.63, 3.8) is 0 Å². The van der Waals surface area contributed by atoms with Gasteiger partial charge in [0.25, 0.3) is 0 Å². The number of H-pyrrole nitrogens is 3. The SMILES string of the molecule is CCC1=C(C)c2nc1cc1[nH]c(cc3nc(cc4[nH]c(cc5[nH]c2c(C)c5CC)c(C)c4CC)C(C)=C3CCC(=O)NCCN(CCN(CC(=O)O)CC(=O)O)CC(=O)O)c(CC)c1C. The number of hydrogen-bond donors (Lipinski definition) is 7. The monoisotopic (exact) mass is 888 g/mol. The maximum Gasteiger partial charge on any atom is 0.317 e. The fourth-order valence-corrected chi connectivity index (χ4v) is 9.47. The van der Waals surface area contributed by atoms with Gasteiger partial charge < -0.3 is 35.6 Å². The number of rotatable bonds is 19. The van der Waals surface area contributed by atoms with Gasteiger partial charge in [0.15, 0.2) is 0 Å². The average molecular weight is 889 g/mol. The van der Waals surface area contributed by atoms with Crippen molar-refractivity contribution in [3.05, 3.63) is 80.4 Å². The van der Waals surface area contributed by atoms with Crippen LogP contribution < -0.4 is 5.32 Å². The Morgan fingerprint density at radius 2 is 1.05 bits per heavy atom. The summed E-state index contributed by atoms with van der Waals surface area (Å²) >= 11 is 0. The van der Waals surface area contributed by atoms with E-state index in [9.17, 15) is 34.5 Å². The third-order valence-electron chi connectivity index (χ3n) is 13.0. The third kappa shape index (κ3) is 10.6. The number of aryl methyl sites for hydroxylation is 6. The van der Waals surface area contributed by atoms with E-state index >= 15 is 0 Å². The van der Waals surface area contributed by atoms with Gasteiger partial charge in [0.05, 0.1) is 47.9 Å². The van der Waals surface area contributed by atoms with Gasteiger partial charge in [0.2, 0.25) is 5.91 Å². The first-order valence-electron chi connectivity index (χ1n) is 22.7. The summed E-state index contributed by atoms with van der Waals surface area (Å²) in [6.45, 7) is 18.5. The van der Waals surface area contributed by atoms with E-state index in [2.05, 4.69) is 107 Å². The molecular formula is C50H64N8O7. The second-order valence-electron chi connectivity index (χ2n) is 17.1. The molecule has 0 atom stereocenters. The van der Waals surface area contributed by atoms with Crippen molar-refractivity contribution in [2.24, 2.45) is 0 Å². The normalized spacial score (nSPS) is 12.8. The fourth-order valence-electron chi connectivity index (χ4n) is 9.47. The quantitative estimate of drug-likeness (QED) is 0.0478. The summed E-state index contributed by atoms with van der Waals surface area (Å²) < 4.78 is 0. The molecule has 346 valence electrons. The summed E-state index contributed by atoms with van der Waals surface area (Å²) in [5.74, 6) is -3.68. The molecule has 1 amide bonds. The summed E-state index contributed by atoms with van der Waals surface area (Å²) in [6.07, 6.45) is 3.86. The van der Waals surface area contributed by atoms with Crippen molar-refractivity contribution >= 4 is 79.2 Å². The summed E-state index contributed by atoms with van der Waals surface area (Å²) in [5, 5.41) is 30.9. The van der Waals surface area contributed by atoms with Crippen molar-refractivity contribution in [2.45, 2.75) is 101 Å². The van der Waals surface area contributed by atoms with Gasteiger partial charge in [-0.1, -0.05) is 27.7 Å². The second-order valence-corrected chi connectivity index (χ2v) is 17.1. The molecule has 0 radical (unpaired) electrons. The molecule has 0 spiro atoms. The Kier molecular flexibility index (Phi) is 15.3. The number of aliphatic carboxylic acids is 3. The van der Waals surface area contributed by atoms with Crippen LogP contribution in [-0.2, 0) is 38.4 Å². The molecule has 10 bridgehead atoms. The molecule has 0 aliphatic carbocycles. The van der Waals surface area contributed by atoms with Gasteiger partial charge in [0, 0.05) is 60.2 Å². The summed E-state index contributed by atoms with van der Waals surface area (Å²) in [6, 6.07) is 8.61. The topological polar surface area (TPSA) is 221 Å². The van der Waals surface area contributed by atoms with Gasteiger partial charge in [-0.05, 0) is 147 Å². The van der Waals surface area contributed by atoms with E-state index in [4.69, 9.17) is 9.97 Å². The van der Waals surface area contributed by atoms with Crippen LogP contribution in [0.2, 0.25) is 0 Å². The first-order valence-corrected chi connectivity index (χ1v) is 22.7. The lowest BCUT2D eigenvalue weighted by atomic mass is 10.00. The van der Waals surface area contributed by atoms with E-state index in [0.29, 0.717) is 6.42 Å². The predicted octanol–water partition coefficient (Wildman–Crippen LogP) is 8.00. The minimum Gasteiger partial charge on any atom is -0.480 e. The van der Waals surface area contributed by atoms with E-state index in [1.165, 1.54) is 43.9 Å². The zero-order valence-electron chi connectivity index (χ0n) is 39.3. The van der Waals surface area contributed by atoms with Crippen molar-refractivity contribution in [1.82, 2.24) is 40.0 Å². The zero-order chi connectivity index (χ0) is 47.3. The number of nitrogens with one attached hydrogen (secondary N) is 4. The molecule has 15 nitrogen and oxygen atoms in total. The lowest BCUT2D eigenvalue weighted by molar-refractivity contribution is -0.143. The largest absolute Gasteiger partial charge is 0.480 e. The highest BCUT2D eigenvalue weighted by molar-refractivity contribution is 5.98. The molecule has 65 heavy (non-hydrogen) atoms. The second kappa shape index (κ2) is 20.7. The maximum atomic E-state index is 13.5. The molecule has 7 N–H and O–H groups in total. The Balaban J connectivity index is 1.41. The number of amides is 1. The van der Waals surface area contributed by atoms with Gasteiger partial charge in [-0.25, -0.2) is 9.97 Å². The smallest absolute Gasteiger partial charge is 0.317 e. The molecule has 0 fully saturated rings. The van der Waals surface area contributed by atoms with Crippen LogP contribution in [0.1, 0.15) is 117 Å². The van der Waals surface area contributed by atoms with Crippen LogP contribution in [0.25, 0.3) is 55.4 Å². The van der Waals surface area contributed by atoms with E-state index in [1.807, 2.05) is 0 Å². The number of carbonyl (C=O) groups is 4. The molecule has 4 aromatic rings. The summed E-state index contributed by atoms with van der Waals surface area (Å²) in [7, 11) is 0. The number of carboxylic acids is 3. The summed E-state index contributed by atoms with van der Waals surface area (Å²) in [4.78, 5) is 72.3. The Labute approximate surface area is 379 Å². The van der Waals surface area contributed by atoms with Crippen LogP contribution in [0.15, 0.2) is 24.3 Å². The molecule has 0 unspecified atom stereocenters. The van der Waals surface area contributed by atoms with Crippen molar-refractivity contribution in [2.75, 3.05) is 45.8 Å². The van der Waals surface area contributed by atoms with Gasteiger partial charge in [0.1, 0.15) is 0 Å². The van der Waals surface area contributed by atoms with Crippen LogP contribution in [0, 0.1) is 20.8 Å². The van der Waals surface area contributed by atoms with E-state index < -0.39 is 31.0 Å². The van der Waals surface area contributed by atoms with Gasteiger partial charge >= 0.3 is 17.9 Å². The minimum absolute atomic E-state index is 0.0284. The van der Waals surface area contributed by atoms with Crippen LogP contribution in [0.4, 0.5) is 0 Å². The number of nitrogens with zero attached hydrogens (tertiary/aromatic N) is 4. The van der Waals surface area contributed by atoms with Crippen molar-refractivity contribution in [3.8, 4) is 0 Å². The molecule has 6 heterocycles. The van der Waals surface area contributed by atoms with Crippen LogP contribution in [0.5, 0.6) is 0 Å². The standard InChI is InChI=1S/C50H64N8O7/c1-10-32-27(5)37-21-42-34(12-3)30(8)49(55-42)50-31(9)35(13-4)43(56-50)22-38-28(6)33(11-2)41(53-38)23-44-36(29(7)39(54-44)20-40(32)52-37)14-15-45(59)51-16-17-57(24-46(60)61)18-19-58(25-47(62)63)26-48(64)65/h20-23,52-53,55H,10-19,24-26H2,1-9H3,(H,51,59)(H,60,61)(H,62,63)(H,64,65). The maximum absolute atomic E-state index is 13.5. The number of aromatic amines is 3. The van der Waals surface area contributed by atoms with Crippen molar-refractivity contribution < 1.29 is 34.5 Å². The first-order chi connectivity index (χ1) is 31.0. The number of fused-ring (bicyclic) bond motifs is 11. The average Bonchev–Trinajstić information content (AvgIpc) is 3.99. The highest BCUT2D eigenvalue weighted by atomic mass is 16.4. The van der Waals surface area contributed by atoms with E-state index in [1.54, 1.807) is 4.90 Å². The van der Waals surface area contributed by atoms with Crippen LogP contribution in [-0.4, -0.2) is 120 Å². The molecule has 15 heteroatoms. The zero-order valence-corrected chi connectivity index (χ0v) is 39.3. The van der Waals surface area contributed by atoms with Gasteiger partial charge in [-0.15, -0.1) is 0 Å². The van der Waals surface area contributed by atoms with E-state index in [-0.39, 0.29) is 45.1 Å². The minimum atomic E-state index is -1.18. The highest BCUT2D eigenvalue weighted by Gasteiger charge is 2.23. The number of hydrogen-bond acceptors (Lipinski definition) is 8. The molecule has 0 saturated carbocycles. The number of carbonyl (C=O) groups excluding carboxylic acids is 1. The fraction of sp³-hybridized carbons (Fsp3) is 0.440. The summed E-state index contributed by atoms with van der Waals surface area (Å²) in [5.41, 5.74) is 21.0.